The fourth-order valence-corrected chi connectivity index (χ4v) is 2.86. The fraction of sp³-hybridized carbons (Fsp3) is 0.818. The molecule has 18 heavy (non-hydrogen) atoms. The van der Waals surface area contributed by atoms with Gasteiger partial charge in [-0.1, -0.05) is 0 Å². The molecular formula is C11H20N2O4S. The molecule has 0 saturated carbocycles. The number of carboxylic acids is 1. The Kier molecular flexibility index (Phi) is 5.28. The molecular weight excluding hydrogens is 256 g/mol. The number of aliphatic carboxylic acids is 1. The maximum absolute atomic E-state index is 11.9. The lowest BCUT2D eigenvalue weighted by Crippen LogP contribution is -2.51. The van der Waals surface area contributed by atoms with Crippen LogP contribution in [0.5, 0.6) is 0 Å². The number of hydrogen-bond acceptors (Lipinski definition) is 4. The Morgan fingerprint density at radius 3 is 2.72 bits per heavy atom. The lowest BCUT2D eigenvalue weighted by atomic mass is 10.2. The number of rotatable bonds is 4. The van der Waals surface area contributed by atoms with Gasteiger partial charge in [-0.2, -0.15) is 11.8 Å². The van der Waals surface area contributed by atoms with Crippen LogP contribution < -0.4 is 5.32 Å². The first kappa shape index (κ1) is 15.1. The summed E-state index contributed by atoms with van der Waals surface area (Å²) in [6, 6.07) is -0.230. The van der Waals surface area contributed by atoms with Gasteiger partial charge in [0.1, 0.15) is 0 Å². The molecule has 1 rings (SSSR count). The summed E-state index contributed by atoms with van der Waals surface area (Å²) in [5, 5.41) is 11.4. The van der Waals surface area contributed by atoms with Crippen LogP contribution in [-0.4, -0.2) is 65.4 Å². The first-order chi connectivity index (χ1) is 8.35. The number of ether oxygens (including phenoxy) is 1. The van der Waals surface area contributed by atoms with E-state index in [2.05, 4.69) is 19.2 Å². The SMILES string of the molecule is COC(CNC(=O)N1CCSC(C)(C)C1)C(=O)O. The number of amides is 2. The molecule has 0 aliphatic carbocycles. The molecule has 2 amide bonds. The second-order valence-corrected chi connectivity index (χ2v) is 6.58. The van der Waals surface area contributed by atoms with Crippen molar-refractivity contribution in [3.05, 3.63) is 0 Å². The number of carbonyl (C=O) groups is 2. The van der Waals surface area contributed by atoms with Gasteiger partial charge >= 0.3 is 12.0 Å². The Morgan fingerprint density at radius 1 is 1.56 bits per heavy atom. The summed E-state index contributed by atoms with van der Waals surface area (Å²) in [5.74, 6) is -0.181. The van der Waals surface area contributed by atoms with E-state index in [1.54, 1.807) is 4.90 Å². The van der Waals surface area contributed by atoms with Crippen molar-refractivity contribution in [3.8, 4) is 0 Å². The van der Waals surface area contributed by atoms with Crippen molar-refractivity contribution in [2.45, 2.75) is 24.7 Å². The molecule has 1 fully saturated rings. The number of thioether (sulfide) groups is 1. The lowest BCUT2D eigenvalue weighted by Gasteiger charge is -2.37. The van der Waals surface area contributed by atoms with Gasteiger partial charge in [-0.05, 0) is 13.8 Å². The molecule has 1 atom stereocenters. The minimum Gasteiger partial charge on any atom is -0.479 e. The summed E-state index contributed by atoms with van der Waals surface area (Å²) >= 11 is 1.83. The normalized spacial score (nSPS) is 20.3. The van der Waals surface area contributed by atoms with Crippen LogP contribution in [0.1, 0.15) is 13.8 Å². The number of carbonyl (C=O) groups excluding carboxylic acids is 1. The van der Waals surface area contributed by atoms with E-state index in [1.165, 1.54) is 7.11 Å². The van der Waals surface area contributed by atoms with Crippen molar-refractivity contribution >= 4 is 23.8 Å². The first-order valence-corrected chi connectivity index (χ1v) is 6.76. The van der Waals surface area contributed by atoms with Crippen LogP contribution in [0.2, 0.25) is 0 Å². The molecule has 6 nitrogen and oxygen atoms in total. The molecule has 0 aromatic rings. The van der Waals surface area contributed by atoms with E-state index >= 15 is 0 Å². The van der Waals surface area contributed by atoms with Gasteiger partial charge in [-0.3, -0.25) is 0 Å². The van der Waals surface area contributed by atoms with Gasteiger partial charge in [-0.15, -0.1) is 0 Å². The van der Waals surface area contributed by atoms with Crippen molar-refractivity contribution in [2.24, 2.45) is 0 Å². The van der Waals surface area contributed by atoms with Crippen LogP contribution >= 0.6 is 11.8 Å². The molecule has 1 aliphatic rings. The van der Waals surface area contributed by atoms with E-state index in [-0.39, 0.29) is 17.3 Å². The zero-order chi connectivity index (χ0) is 13.8. The van der Waals surface area contributed by atoms with Crippen molar-refractivity contribution in [3.63, 3.8) is 0 Å². The summed E-state index contributed by atoms with van der Waals surface area (Å²) in [7, 11) is 1.31. The fourth-order valence-electron chi connectivity index (χ4n) is 1.75. The highest BCUT2D eigenvalue weighted by Gasteiger charge is 2.30. The molecule has 2 N–H and O–H groups in total. The van der Waals surface area contributed by atoms with Gasteiger partial charge < -0.3 is 20.1 Å². The van der Waals surface area contributed by atoms with Crippen LogP contribution in [0.25, 0.3) is 0 Å². The molecule has 1 saturated heterocycles. The second-order valence-electron chi connectivity index (χ2n) is 4.78. The van der Waals surface area contributed by atoms with Gasteiger partial charge in [0.2, 0.25) is 0 Å². The molecule has 0 radical (unpaired) electrons. The molecule has 0 bridgehead atoms. The van der Waals surface area contributed by atoms with Gasteiger partial charge in [-0.25, -0.2) is 9.59 Å². The summed E-state index contributed by atoms with van der Waals surface area (Å²) in [4.78, 5) is 24.3. The quantitative estimate of drug-likeness (QED) is 0.787. The highest BCUT2D eigenvalue weighted by molar-refractivity contribution is 8.00. The maximum Gasteiger partial charge on any atom is 0.334 e. The van der Waals surface area contributed by atoms with Gasteiger partial charge in [0.25, 0.3) is 0 Å². The molecule has 1 aliphatic heterocycles. The van der Waals surface area contributed by atoms with Crippen molar-refractivity contribution < 1.29 is 19.4 Å². The number of hydrogen-bond donors (Lipinski definition) is 2. The highest BCUT2D eigenvalue weighted by Crippen LogP contribution is 2.29. The smallest absolute Gasteiger partial charge is 0.334 e. The highest BCUT2D eigenvalue weighted by atomic mass is 32.2. The van der Waals surface area contributed by atoms with Gasteiger partial charge in [0.15, 0.2) is 6.10 Å². The second kappa shape index (κ2) is 6.29. The average molecular weight is 276 g/mol. The summed E-state index contributed by atoms with van der Waals surface area (Å²) < 4.78 is 4.80. The Labute approximate surface area is 111 Å². The number of nitrogens with zero attached hydrogens (tertiary/aromatic N) is 1. The maximum atomic E-state index is 11.9. The third kappa shape index (κ3) is 4.38. The van der Waals surface area contributed by atoms with Gasteiger partial charge in [0.05, 0.1) is 6.54 Å². The third-order valence-electron chi connectivity index (χ3n) is 2.71. The Hall–Kier alpha value is -0.950. The molecule has 7 heteroatoms. The largest absolute Gasteiger partial charge is 0.479 e. The molecule has 104 valence electrons. The minimum atomic E-state index is -1.08. The van der Waals surface area contributed by atoms with Crippen LogP contribution in [0, 0.1) is 0 Å². The molecule has 0 spiro atoms. The average Bonchev–Trinajstić information content (AvgIpc) is 2.27. The third-order valence-corrected chi connectivity index (χ3v) is 4.01. The molecule has 1 unspecified atom stereocenters. The zero-order valence-corrected chi connectivity index (χ0v) is 11.7. The van der Waals surface area contributed by atoms with E-state index in [1.807, 2.05) is 11.8 Å². The van der Waals surface area contributed by atoms with Crippen molar-refractivity contribution in [1.29, 1.82) is 0 Å². The van der Waals surface area contributed by atoms with Crippen LogP contribution in [0.3, 0.4) is 0 Å². The molecule has 1 heterocycles. The predicted molar refractivity (Wildman–Crippen MR) is 69.9 cm³/mol. The number of urea groups is 1. The Morgan fingerprint density at radius 2 is 2.22 bits per heavy atom. The van der Waals surface area contributed by atoms with Crippen LogP contribution in [0.15, 0.2) is 0 Å². The zero-order valence-electron chi connectivity index (χ0n) is 10.9. The lowest BCUT2D eigenvalue weighted by molar-refractivity contribution is -0.148. The minimum absolute atomic E-state index is 0.0191. The van der Waals surface area contributed by atoms with Gasteiger partial charge in [0, 0.05) is 30.7 Å². The van der Waals surface area contributed by atoms with Crippen LogP contribution in [-0.2, 0) is 9.53 Å². The van der Waals surface area contributed by atoms with Crippen molar-refractivity contribution in [1.82, 2.24) is 10.2 Å². The Balaban J connectivity index is 2.43. The van der Waals surface area contributed by atoms with Crippen molar-refractivity contribution in [2.75, 3.05) is 32.5 Å². The summed E-state index contributed by atoms with van der Waals surface area (Å²) in [6.45, 7) is 5.51. The molecule has 0 aromatic heterocycles. The number of nitrogens with one attached hydrogen (secondary N) is 1. The van der Waals surface area contributed by atoms with E-state index < -0.39 is 12.1 Å². The van der Waals surface area contributed by atoms with E-state index in [9.17, 15) is 9.59 Å². The monoisotopic (exact) mass is 276 g/mol. The topological polar surface area (TPSA) is 78.9 Å². The number of methoxy groups -OCH3 is 1. The summed E-state index contributed by atoms with van der Waals surface area (Å²) in [5.41, 5.74) is 0. The standard InChI is InChI=1S/C11H20N2O4S/c1-11(2)7-13(4-5-18-11)10(16)12-6-8(17-3)9(14)15/h8H,4-7H2,1-3H3,(H,12,16)(H,14,15). The predicted octanol–water partition coefficient (Wildman–Crippen LogP) is 0.623. The molecule has 0 aromatic carbocycles. The summed E-state index contributed by atoms with van der Waals surface area (Å²) in [6.07, 6.45) is -0.999. The van der Waals surface area contributed by atoms with Crippen LogP contribution in [0.4, 0.5) is 4.79 Å². The first-order valence-electron chi connectivity index (χ1n) is 5.78. The van der Waals surface area contributed by atoms with E-state index in [0.29, 0.717) is 13.1 Å². The number of carboxylic acid groups (broad SMARTS) is 1. The van der Waals surface area contributed by atoms with E-state index in [0.717, 1.165) is 5.75 Å². The Bertz CT molecular complexity index is 322. The van der Waals surface area contributed by atoms with E-state index in [4.69, 9.17) is 9.84 Å².